The van der Waals surface area contributed by atoms with Crippen molar-refractivity contribution in [1.82, 2.24) is 4.31 Å². The lowest BCUT2D eigenvalue weighted by Crippen LogP contribution is -2.50. The maximum Gasteiger partial charge on any atom is 0.245 e. The molecular weight excluding hydrogens is 319 g/mol. The first-order chi connectivity index (χ1) is 9.39. The number of fused-ring (bicyclic) bond motifs is 2. The molecule has 2 heterocycles. The van der Waals surface area contributed by atoms with E-state index < -0.39 is 10.0 Å². The number of piperidine rings is 1. The lowest BCUT2D eigenvalue weighted by molar-refractivity contribution is 0.227. The number of rotatable bonds is 2. The van der Waals surface area contributed by atoms with Crippen LogP contribution in [0.2, 0.25) is 10.0 Å². The summed E-state index contributed by atoms with van der Waals surface area (Å²) in [6.45, 7) is 0. The monoisotopic (exact) mass is 334 g/mol. The summed E-state index contributed by atoms with van der Waals surface area (Å²) in [5.41, 5.74) is 5.99. The maximum absolute atomic E-state index is 12.9. The van der Waals surface area contributed by atoms with Gasteiger partial charge < -0.3 is 5.73 Å². The van der Waals surface area contributed by atoms with E-state index in [-0.39, 0.29) is 28.0 Å². The van der Waals surface area contributed by atoms with E-state index in [0.717, 1.165) is 12.8 Å². The van der Waals surface area contributed by atoms with Crippen LogP contribution in [0.3, 0.4) is 0 Å². The number of sulfonamides is 1. The highest BCUT2D eigenvalue weighted by Crippen LogP contribution is 2.40. The number of hydrogen-bond donors (Lipinski definition) is 1. The van der Waals surface area contributed by atoms with E-state index in [2.05, 4.69) is 0 Å². The van der Waals surface area contributed by atoms with Gasteiger partial charge in [-0.3, -0.25) is 0 Å². The highest BCUT2D eigenvalue weighted by Gasteiger charge is 2.46. The van der Waals surface area contributed by atoms with Crippen molar-refractivity contribution in [3.8, 4) is 0 Å². The highest BCUT2D eigenvalue weighted by atomic mass is 35.5. The van der Waals surface area contributed by atoms with Gasteiger partial charge in [0.25, 0.3) is 0 Å². The minimum absolute atomic E-state index is 0.0104. The quantitative estimate of drug-likeness (QED) is 0.904. The van der Waals surface area contributed by atoms with Crippen LogP contribution >= 0.6 is 23.2 Å². The zero-order chi connectivity index (χ0) is 14.5. The molecule has 0 amide bonds. The van der Waals surface area contributed by atoms with E-state index in [1.807, 2.05) is 0 Å². The largest absolute Gasteiger partial charge is 0.328 e. The van der Waals surface area contributed by atoms with E-state index in [1.165, 1.54) is 12.1 Å². The van der Waals surface area contributed by atoms with Crippen LogP contribution in [0.15, 0.2) is 23.1 Å². The third kappa shape index (κ3) is 2.35. The Balaban J connectivity index is 2.03. The minimum atomic E-state index is -3.61. The number of halogens is 2. The normalized spacial score (nSPS) is 30.6. The standard InChI is InChI=1S/C13H16Cl2N2O2S/c14-8-1-4-12(15)13(5-8)20(18,19)17-10-2-3-11(17)7-9(16)6-10/h1,4-5,9-11H,2-3,6-7,16H2. The molecular formula is C13H16Cl2N2O2S. The maximum atomic E-state index is 12.9. The summed E-state index contributed by atoms with van der Waals surface area (Å²) in [4.78, 5) is 0.0963. The first-order valence-electron chi connectivity index (χ1n) is 6.64. The van der Waals surface area contributed by atoms with Crippen LogP contribution < -0.4 is 5.73 Å². The zero-order valence-corrected chi connectivity index (χ0v) is 13.1. The molecule has 0 aliphatic carbocycles. The van der Waals surface area contributed by atoms with Gasteiger partial charge in [0.2, 0.25) is 10.0 Å². The van der Waals surface area contributed by atoms with Crippen molar-refractivity contribution in [1.29, 1.82) is 0 Å². The van der Waals surface area contributed by atoms with Crippen LogP contribution in [0.5, 0.6) is 0 Å². The zero-order valence-electron chi connectivity index (χ0n) is 10.8. The van der Waals surface area contributed by atoms with Crippen molar-refractivity contribution < 1.29 is 8.42 Å². The Morgan fingerprint density at radius 1 is 1.15 bits per heavy atom. The van der Waals surface area contributed by atoms with Crippen molar-refractivity contribution in [2.24, 2.45) is 5.73 Å². The summed E-state index contributed by atoms with van der Waals surface area (Å²) in [7, 11) is -3.61. The lowest BCUT2D eigenvalue weighted by Gasteiger charge is -2.36. The fourth-order valence-corrected chi connectivity index (χ4v) is 5.99. The van der Waals surface area contributed by atoms with Gasteiger partial charge in [0.05, 0.1) is 5.02 Å². The summed E-state index contributed by atoms with van der Waals surface area (Å²) in [6.07, 6.45) is 3.17. The molecule has 0 aromatic heterocycles. The van der Waals surface area contributed by atoms with Crippen LogP contribution in [0.1, 0.15) is 25.7 Å². The SMILES string of the molecule is NC1CC2CCC(C1)N2S(=O)(=O)c1cc(Cl)ccc1Cl. The number of nitrogens with zero attached hydrogens (tertiary/aromatic N) is 1. The van der Waals surface area contributed by atoms with Crippen LogP contribution in [0.25, 0.3) is 0 Å². The summed E-state index contributed by atoms with van der Waals surface area (Å²) >= 11 is 12.0. The average molecular weight is 335 g/mol. The molecule has 2 atom stereocenters. The van der Waals surface area contributed by atoms with Gasteiger partial charge in [-0.25, -0.2) is 8.42 Å². The molecule has 110 valence electrons. The first kappa shape index (κ1) is 14.6. The molecule has 7 heteroatoms. The van der Waals surface area contributed by atoms with Crippen molar-refractivity contribution >= 4 is 33.2 Å². The highest BCUT2D eigenvalue weighted by molar-refractivity contribution is 7.89. The Bertz CT molecular complexity index is 621. The van der Waals surface area contributed by atoms with Gasteiger partial charge in [0, 0.05) is 23.1 Å². The molecule has 2 unspecified atom stereocenters. The average Bonchev–Trinajstić information content (AvgIpc) is 2.66. The van der Waals surface area contributed by atoms with Crippen molar-refractivity contribution in [3.05, 3.63) is 28.2 Å². The summed E-state index contributed by atoms with van der Waals surface area (Å²) in [6, 6.07) is 4.60. The Morgan fingerprint density at radius 2 is 1.75 bits per heavy atom. The topological polar surface area (TPSA) is 63.4 Å². The van der Waals surface area contributed by atoms with Crippen LogP contribution in [-0.4, -0.2) is 30.8 Å². The molecule has 0 spiro atoms. The van der Waals surface area contributed by atoms with E-state index in [9.17, 15) is 8.42 Å². The van der Waals surface area contributed by atoms with Gasteiger partial charge >= 0.3 is 0 Å². The molecule has 2 aliphatic heterocycles. The van der Waals surface area contributed by atoms with Gasteiger partial charge in [-0.05, 0) is 43.9 Å². The van der Waals surface area contributed by atoms with Gasteiger partial charge in [-0.2, -0.15) is 4.31 Å². The molecule has 2 N–H and O–H groups in total. The van der Waals surface area contributed by atoms with Gasteiger partial charge in [0.15, 0.2) is 0 Å². The molecule has 0 radical (unpaired) electrons. The second-order valence-electron chi connectivity index (χ2n) is 5.53. The fourth-order valence-electron chi connectivity index (χ4n) is 3.36. The van der Waals surface area contributed by atoms with Crippen LogP contribution in [-0.2, 0) is 10.0 Å². The molecule has 2 fully saturated rings. The van der Waals surface area contributed by atoms with Gasteiger partial charge in [0.1, 0.15) is 4.90 Å². The third-order valence-electron chi connectivity index (χ3n) is 4.15. The van der Waals surface area contributed by atoms with E-state index in [4.69, 9.17) is 28.9 Å². The molecule has 1 aromatic rings. The molecule has 2 aliphatic rings. The predicted octanol–water partition coefficient (Wildman–Crippen LogP) is 2.64. The third-order valence-corrected chi connectivity index (χ3v) is 6.87. The van der Waals surface area contributed by atoms with Crippen molar-refractivity contribution in [3.63, 3.8) is 0 Å². The van der Waals surface area contributed by atoms with E-state index >= 15 is 0 Å². The van der Waals surface area contributed by atoms with E-state index in [1.54, 1.807) is 10.4 Å². The van der Waals surface area contributed by atoms with Gasteiger partial charge in [-0.15, -0.1) is 0 Å². The molecule has 0 saturated carbocycles. The molecule has 20 heavy (non-hydrogen) atoms. The Labute approximate surface area is 128 Å². The second-order valence-corrected chi connectivity index (χ2v) is 8.18. The van der Waals surface area contributed by atoms with E-state index in [0.29, 0.717) is 17.9 Å². The molecule has 1 aromatic carbocycles. The van der Waals surface area contributed by atoms with Gasteiger partial charge in [-0.1, -0.05) is 23.2 Å². The van der Waals surface area contributed by atoms with Crippen LogP contribution in [0, 0.1) is 0 Å². The molecule has 4 nitrogen and oxygen atoms in total. The summed E-state index contributed by atoms with van der Waals surface area (Å²) < 4.78 is 27.3. The lowest BCUT2D eigenvalue weighted by atomic mass is 10.0. The molecule has 2 saturated heterocycles. The summed E-state index contributed by atoms with van der Waals surface area (Å²) in [5.74, 6) is 0. The Morgan fingerprint density at radius 3 is 2.35 bits per heavy atom. The number of benzene rings is 1. The second kappa shape index (κ2) is 5.14. The molecule has 3 rings (SSSR count). The fraction of sp³-hybridized carbons (Fsp3) is 0.538. The van der Waals surface area contributed by atoms with Crippen molar-refractivity contribution in [2.75, 3.05) is 0 Å². The predicted molar refractivity (Wildman–Crippen MR) is 79.5 cm³/mol. The first-order valence-corrected chi connectivity index (χ1v) is 8.83. The number of hydrogen-bond acceptors (Lipinski definition) is 3. The van der Waals surface area contributed by atoms with Crippen molar-refractivity contribution in [2.45, 2.75) is 48.7 Å². The molecule has 2 bridgehead atoms. The Kier molecular flexibility index (Phi) is 3.75. The summed E-state index contributed by atoms with van der Waals surface area (Å²) in [5, 5.41) is 0.581. The Hall–Kier alpha value is -0.330. The smallest absolute Gasteiger partial charge is 0.245 e. The minimum Gasteiger partial charge on any atom is -0.328 e. The van der Waals surface area contributed by atoms with Crippen LogP contribution in [0.4, 0.5) is 0 Å². The number of nitrogens with two attached hydrogens (primary N) is 1.